The molecule has 0 aliphatic rings. The van der Waals surface area contributed by atoms with Gasteiger partial charge in [0, 0.05) is 11.1 Å². The van der Waals surface area contributed by atoms with Crippen molar-refractivity contribution in [1.29, 1.82) is 10.5 Å². The second-order valence-corrected chi connectivity index (χ2v) is 6.39. The third-order valence-corrected chi connectivity index (χ3v) is 4.86. The first kappa shape index (κ1) is 15.9. The van der Waals surface area contributed by atoms with Gasteiger partial charge in [-0.05, 0) is 45.8 Å². The normalized spacial score (nSPS) is 10.8. The molecule has 4 heteroatoms. The Hall–Kier alpha value is -4.28. The highest BCUT2D eigenvalue weighted by Crippen LogP contribution is 2.44. The Morgan fingerprint density at radius 2 is 0.857 bits per heavy atom. The maximum Gasteiger partial charge on any atom is 0.204 e. The summed E-state index contributed by atoms with van der Waals surface area (Å²) in [5, 5.41) is 22.3. The van der Waals surface area contributed by atoms with Gasteiger partial charge in [-0.15, -0.1) is 0 Å². The molecule has 0 radical (unpaired) electrons. The van der Waals surface area contributed by atoms with Crippen molar-refractivity contribution >= 4 is 21.5 Å². The van der Waals surface area contributed by atoms with Gasteiger partial charge < -0.3 is 8.83 Å². The largest absolute Gasteiger partial charge is 0.446 e. The van der Waals surface area contributed by atoms with Gasteiger partial charge in [0.05, 0.1) is 0 Å². The van der Waals surface area contributed by atoms with Crippen molar-refractivity contribution in [3.8, 4) is 34.8 Å². The van der Waals surface area contributed by atoms with Crippen molar-refractivity contribution in [3.05, 3.63) is 84.3 Å². The maximum atomic E-state index is 9.16. The zero-order valence-electron chi connectivity index (χ0n) is 14.6. The summed E-state index contributed by atoms with van der Waals surface area (Å²) in [6, 6.07) is 27.1. The molecule has 0 saturated heterocycles. The quantitative estimate of drug-likeness (QED) is 0.348. The first-order valence-corrected chi connectivity index (χ1v) is 8.74. The second-order valence-electron chi connectivity index (χ2n) is 6.39. The summed E-state index contributed by atoms with van der Waals surface area (Å²) in [5.74, 6) is 1.84. The van der Waals surface area contributed by atoms with Crippen molar-refractivity contribution in [2.45, 2.75) is 0 Å². The molecule has 5 rings (SSSR count). The molecule has 0 atom stereocenters. The van der Waals surface area contributed by atoms with E-state index in [4.69, 9.17) is 19.4 Å². The number of hydrogen-bond donors (Lipinski definition) is 0. The molecule has 0 amide bonds. The fourth-order valence-electron chi connectivity index (χ4n) is 3.72. The summed E-state index contributed by atoms with van der Waals surface area (Å²) in [7, 11) is 0. The number of benzene rings is 3. The molecule has 0 saturated carbocycles. The van der Waals surface area contributed by atoms with Gasteiger partial charge in [-0.25, -0.2) is 0 Å². The van der Waals surface area contributed by atoms with Crippen LogP contribution in [0.2, 0.25) is 0 Å². The molecule has 2 heterocycles. The Morgan fingerprint density at radius 1 is 0.500 bits per heavy atom. The molecule has 0 N–H and O–H groups in total. The zero-order valence-corrected chi connectivity index (χ0v) is 14.6. The SMILES string of the molecule is N#Cc1ccc(-c2c3ccccc3c(-c3ccc(C#N)o3)c3ccccc23)o1. The molecule has 5 aromatic rings. The Bertz CT molecular complexity index is 1270. The summed E-state index contributed by atoms with van der Waals surface area (Å²) < 4.78 is 11.5. The van der Waals surface area contributed by atoms with Gasteiger partial charge in [-0.3, -0.25) is 0 Å². The highest BCUT2D eigenvalue weighted by atomic mass is 16.3. The number of hydrogen-bond acceptors (Lipinski definition) is 4. The average Bonchev–Trinajstić information content (AvgIpc) is 3.41. The highest BCUT2D eigenvalue weighted by molar-refractivity contribution is 6.20. The van der Waals surface area contributed by atoms with Crippen molar-refractivity contribution in [2.24, 2.45) is 0 Å². The molecule has 3 aromatic carbocycles. The van der Waals surface area contributed by atoms with Crippen LogP contribution in [0.25, 0.3) is 44.2 Å². The van der Waals surface area contributed by atoms with Crippen LogP contribution in [0.1, 0.15) is 11.5 Å². The van der Waals surface area contributed by atoms with Gasteiger partial charge in [-0.1, -0.05) is 48.5 Å². The van der Waals surface area contributed by atoms with E-state index in [-0.39, 0.29) is 11.5 Å². The van der Waals surface area contributed by atoms with Crippen LogP contribution in [0.3, 0.4) is 0 Å². The lowest BCUT2D eigenvalue weighted by atomic mass is 9.90. The summed E-state index contributed by atoms with van der Waals surface area (Å²) in [6.07, 6.45) is 0. The number of rotatable bonds is 2. The zero-order chi connectivity index (χ0) is 19.1. The monoisotopic (exact) mass is 360 g/mol. The van der Waals surface area contributed by atoms with Gasteiger partial charge in [0.1, 0.15) is 23.7 Å². The third kappa shape index (κ3) is 2.30. The van der Waals surface area contributed by atoms with Crippen molar-refractivity contribution in [1.82, 2.24) is 0 Å². The smallest absolute Gasteiger partial charge is 0.204 e. The molecule has 2 aromatic heterocycles. The Morgan fingerprint density at radius 3 is 1.14 bits per heavy atom. The molecular formula is C24H12N2O2. The average molecular weight is 360 g/mol. The molecule has 4 nitrogen and oxygen atoms in total. The van der Waals surface area contributed by atoms with Crippen molar-refractivity contribution in [2.75, 3.05) is 0 Å². The molecule has 0 unspecified atom stereocenters. The predicted octanol–water partition coefficient (Wildman–Crippen LogP) is 6.26. The van der Waals surface area contributed by atoms with Gasteiger partial charge >= 0.3 is 0 Å². The van der Waals surface area contributed by atoms with Crippen molar-refractivity contribution < 1.29 is 8.83 Å². The third-order valence-electron chi connectivity index (χ3n) is 4.86. The standard InChI is InChI=1S/C24H12N2O2/c25-13-15-9-11-21(27-15)23-17-5-1-2-6-18(17)24(20-8-4-3-7-19(20)23)22-12-10-16(14-26)28-22/h1-12H. The van der Waals surface area contributed by atoms with Gasteiger partial charge in [-0.2, -0.15) is 10.5 Å². The van der Waals surface area contributed by atoms with E-state index in [9.17, 15) is 0 Å². The van der Waals surface area contributed by atoms with Crippen LogP contribution < -0.4 is 0 Å². The van der Waals surface area contributed by atoms with Crippen LogP contribution >= 0.6 is 0 Å². The molecule has 130 valence electrons. The number of furan rings is 2. The summed E-state index contributed by atoms with van der Waals surface area (Å²) in [4.78, 5) is 0. The number of nitriles is 2. The minimum atomic E-state index is 0.275. The summed E-state index contributed by atoms with van der Waals surface area (Å²) in [5.41, 5.74) is 1.87. The first-order chi connectivity index (χ1) is 13.8. The second kappa shape index (κ2) is 6.16. The van der Waals surface area contributed by atoms with Crippen molar-refractivity contribution in [3.63, 3.8) is 0 Å². The van der Waals surface area contributed by atoms with E-state index in [0.717, 1.165) is 32.7 Å². The molecule has 0 fully saturated rings. The van der Waals surface area contributed by atoms with E-state index in [1.807, 2.05) is 72.8 Å². The number of nitrogens with zero attached hydrogens (tertiary/aromatic N) is 2. The fourth-order valence-corrected chi connectivity index (χ4v) is 3.72. The van der Waals surface area contributed by atoms with Gasteiger partial charge in [0.25, 0.3) is 0 Å². The lowest BCUT2D eigenvalue weighted by molar-refractivity contribution is 0.567. The Labute approximate surface area is 160 Å². The molecular weight excluding hydrogens is 348 g/mol. The fraction of sp³-hybridized carbons (Fsp3) is 0. The van der Waals surface area contributed by atoms with Crippen LogP contribution in [0, 0.1) is 22.7 Å². The van der Waals surface area contributed by atoms with Crippen LogP contribution in [0.4, 0.5) is 0 Å². The van der Waals surface area contributed by atoms with E-state index >= 15 is 0 Å². The van der Waals surface area contributed by atoms with Gasteiger partial charge in [0.15, 0.2) is 0 Å². The Kier molecular flexibility index (Phi) is 3.50. The van der Waals surface area contributed by atoms with Crippen LogP contribution in [0.15, 0.2) is 81.6 Å². The van der Waals surface area contributed by atoms with Gasteiger partial charge in [0.2, 0.25) is 11.5 Å². The minimum absolute atomic E-state index is 0.275. The summed E-state index contributed by atoms with van der Waals surface area (Å²) >= 11 is 0. The van der Waals surface area contributed by atoms with Crippen LogP contribution in [0.5, 0.6) is 0 Å². The topological polar surface area (TPSA) is 73.9 Å². The molecule has 0 spiro atoms. The molecule has 0 aliphatic heterocycles. The van der Waals surface area contributed by atoms with E-state index < -0.39 is 0 Å². The minimum Gasteiger partial charge on any atom is -0.446 e. The lowest BCUT2D eigenvalue weighted by Crippen LogP contribution is -1.89. The Balaban J connectivity index is 1.96. The van der Waals surface area contributed by atoms with E-state index in [0.29, 0.717) is 11.5 Å². The van der Waals surface area contributed by atoms with E-state index in [2.05, 4.69) is 0 Å². The maximum absolute atomic E-state index is 9.16. The first-order valence-electron chi connectivity index (χ1n) is 8.74. The molecule has 0 aliphatic carbocycles. The molecule has 0 bridgehead atoms. The lowest BCUT2D eigenvalue weighted by Gasteiger charge is -2.14. The van der Waals surface area contributed by atoms with E-state index in [1.54, 1.807) is 12.1 Å². The van der Waals surface area contributed by atoms with Crippen LogP contribution in [-0.2, 0) is 0 Å². The van der Waals surface area contributed by atoms with E-state index in [1.165, 1.54) is 0 Å². The molecule has 28 heavy (non-hydrogen) atoms. The van der Waals surface area contributed by atoms with Crippen LogP contribution in [-0.4, -0.2) is 0 Å². The predicted molar refractivity (Wildman–Crippen MR) is 106 cm³/mol. The number of fused-ring (bicyclic) bond motifs is 2. The highest BCUT2D eigenvalue weighted by Gasteiger charge is 2.19. The summed E-state index contributed by atoms with van der Waals surface area (Å²) in [6.45, 7) is 0.